The van der Waals surface area contributed by atoms with E-state index in [0.717, 1.165) is 55.1 Å². The summed E-state index contributed by atoms with van der Waals surface area (Å²) in [6, 6.07) is 62.0. The van der Waals surface area contributed by atoms with Gasteiger partial charge in [0.25, 0.3) is 0 Å². The third-order valence-electron chi connectivity index (χ3n) is 10.7. The van der Waals surface area contributed by atoms with Gasteiger partial charge in [0.15, 0.2) is 7.14 Å². The number of ether oxygens (including phenoxy) is 1. The Bertz CT molecular complexity index is 3120. The van der Waals surface area contributed by atoms with Gasteiger partial charge in [0.05, 0.1) is 21.6 Å². The van der Waals surface area contributed by atoms with Crippen molar-refractivity contribution < 1.29 is 13.7 Å². The van der Waals surface area contributed by atoms with Crippen LogP contribution in [0.5, 0.6) is 11.5 Å². The monoisotopic (exact) mass is 699 g/mol. The Morgan fingerprint density at radius 3 is 2.06 bits per heavy atom. The normalized spacial score (nSPS) is 15.1. The largest absolute Gasteiger partial charge is 0.455 e. The van der Waals surface area contributed by atoms with Crippen molar-refractivity contribution >= 4 is 66.8 Å². The summed E-state index contributed by atoms with van der Waals surface area (Å²) in [6.07, 6.45) is 0. The van der Waals surface area contributed by atoms with E-state index in [1.165, 1.54) is 21.9 Å². The molecule has 5 heteroatoms. The van der Waals surface area contributed by atoms with Crippen molar-refractivity contribution in [2.24, 2.45) is 0 Å². The lowest BCUT2D eigenvalue weighted by Gasteiger charge is -2.30. The summed E-state index contributed by atoms with van der Waals surface area (Å²) in [4.78, 5) is 0. The Labute approximate surface area is 305 Å². The molecule has 0 radical (unpaired) electrons. The van der Waals surface area contributed by atoms with Crippen LogP contribution >= 0.6 is 7.14 Å². The minimum Gasteiger partial charge on any atom is -0.455 e. The van der Waals surface area contributed by atoms with Crippen molar-refractivity contribution in [3.8, 4) is 39.4 Å². The first kappa shape index (κ1) is 30.1. The number of benzene rings is 8. The highest BCUT2D eigenvalue weighted by molar-refractivity contribution is 7.85. The Morgan fingerprint density at radius 1 is 0.472 bits per heavy atom. The van der Waals surface area contributed by atoms with Crippen LogP contribution in [0.1, 0.15) is 0 Å². The molecule has 250 valence electrons. The van der Waals surface area contributed by atoms with Crippen molar-refractivity contribution in [3.63, 3.8) is 0 Å². The standard InChI is InChI=1S/C48H30NO3P/c50-53(34-15-5-2-6-16-34)45-23-10-9-22-44(45)52-48-37(20-12-24-46(48)53)36-18-11-19-38-40-30-33(26-28-43(40)51-47(36)38)49-41-21-8-7-17-35(41)39-29-32(25-27-42(39)49)31-13-3-1-4-14-31/h1-30H. The average molecular weight is 700 g/mol. The maximum absolute atomic E-state index is 15.4. The predicted octanol–water partition coefficient (Wildman–Crippen LogP) is 11.8. The number of nitrogens with zero attached hydrogens (tertiary/aromatic N) is 1. The van der Waals surface area contributed by atoms with Gasteiger partial charge in [0, 0.05) is 43.7 Å². The van der Waals surface area contributed by atoms with E-state index in [1.54, 1.807) is 0 Å². The molecular weight excluding hydrogens is 670 g/mol. The van der Waals surface area contributed by atoms with Gasteiger partial charge < -0.3 is 18.3 Å². The van der Waals surface area contributed by atoms with E-state index in [2.05, 4.69) is 114 Å². The van der Waals surface area contributed by atoms with Crippen LogP contribution in [0.2, 0.25) is 0 Å². The maximum atomic E-state index is 15.4. The molecule has 0 amide bonds. The van der Waals surface area contributed by atoms with Crippen LogP contribution < -0.4 is 20.7 Å². The molecular formula is C48H30NO3P. The van der Waals surface area contributed by atoms with Gasteiger partial charge in [-0.1, -0.05) is 127 Å². The van der Waals surface area contributed by atoms with Crippen LogP contribution in [0.15, 0.2) is 186 Å². The Hall–Kier alpha value is -6.61. The lowest BCUT2D eigenvalue weighted by Crippen LogP contribution is -2.30. The number of furan rings is 1. The van der Waals surface area contributed by atoms with Crippen molar-refractivity contribution in [2.75, 3.05) is 0 Å². The quantitative estimate of drug-likeness (QED) is 0.172. The molecule has 0 saturated heterocycles. The maximum Gasteiger partial charge on any atom is 0.178 e. The molecule has 0 fully saturated rings. The summed E-state index contributed by atoms with van der Waals surface area (Å²) in [5, 5.41) is 6.64. The third-order valence-corrected chi connectivity index (χ3v) is 13.8. The van der Waals surface area contributed by atoms with Crippen LogP contribution in [0.4, 0.5) is 0 Å². The molecule has 8 aromatic carbocycles. The Morgan fingerprint density at radius 2 is 1.17 bits per heavy atom. The molecule has 0 saturated carbocycles. The van der Waals surface area contributed by atoms with Gasteiger partial charge in [-0.3, -0.25) is 0 Å². The van der Waals surface area contributed by atoms with Gasteiger partial charge in [0.1, 0.15) is 22.7 Å². The number of hydrogen-bond donors (Lipinski definition) is 0. The van der Waals surface area contributed by atoms with Crippen LogP contribution in [-0.4, -0.2) is 4.57 Å². The van der Waals surface area contributed by atoms with Crippen LogP contribution in [0.25, 0.3) is 71.7 Å². The van der Waals surface area contributed by atoms with E-state index >= 15 is 4.57 Å². The third kappa shape index (κ3) is 4.40. The Balaban J connectivity index is 1.10. The Kier molecular flexibility index (Phi) is 6.49. The average Bonchev–Trinajstić information content (AvgIpc) is 3.76. The topological polar surface area (TPSA) is 44.4 Å². The molecule has 1 aliphatic heterocycles. The molecule has 0 aliphatic carbocycles. The minimum atomic E-state index is -3.24. The zero-order valence-corrected chi connectivity index (χ0v) is 29.3. The molecule has 3 heterocycles. The molecule has 1 unspecified atom stereocenters. The van der Waals surface area contributed by atoms with Gasteiger partial charge in [-0.25, -0.2) is 0 Å². The fourth-order valence-electron chi connectivity index (χ4n) is 8.25. The SMILES string of the molecule is O=P1(c2ccccc2)c2ccccc2Oc2c(-c3cccc4c3oc3ccc(-n5c6ccccc6c6cc(-c7ccccc7)ccc65)cc34)cccc21. The zero-order valence-electron chi connectivity index (χ0n) is 28.4. The van der Waals surface area contributed by atoms with E-state index in [-0.39, 0.29) is 0 Å². The molecule has 10 aromatic rings. The number of rotatable bonds is 4. The van der Waals surface area contributed by atoms with Gasteiger partial charge in [-0.15, -0.1) is 0 Å². The first-order valence-electron chi connectivity index (χ1n) is 17.8. The van der Waals surface area contributed by atoms with Crippen molar-refractivity contribution in [1.29, 1.82) is 0 Å². The second-order valence-electron chi connectivity index (χ2n) is 13.6. The van der Waals surface area contributed by atoms with Gasteiger partial charge in [-0.05, 0) is 65.7 Å². The van der Waals surface area contributed by atoms with E-state index in [0.29, 0.717) is 22.1 Å². The number of aromatic nitrogens is 1. The highest BCUT2D eigenvalue weighted by atomic mass is 31.2. The summed E-state index contributed by atoms with van der Waals surface area (Å²) in [6.45, 7) is 0. The summed E-state index contributed by atoms with van der Waals surface area (Å²) in [5.41, 5.74) is 9.05. The van der Waals surface area contributed by atoms with E-state index < -0.39 is 7.14 Å². The van der Waals surface area contributed by atoms with Crippen LogP contribution in [0, 0.1) is 0 Å². The smallest absolute Gasteiger partial charge is 0.178 e. The summed E-state index contributed by atoms with van der Waals surface area (Å²) in [7, 11) is -3.24. The molecule has 4 nitrogen and oxygen atoms in total. The van der Waals surface area contributed by atoms with Gasteiger partial charge in [-0.2, -0.15) is 0 Å². The molecule has 53 heavy (non-hydrogen) atoms. The molecule has 1 atom stereocenters. The molecule has 1 aliphatic rings. The van der Waals surface area contributed by atoms with E-state index in [9.17, 15) is 0 Å². The number of para-hydroxylation sites is 4. The van der Waals surface area contributed by atoms with E-state index in [1.807, 2.05) is 72.8 Å². The lowest BCUT2D eigenvalue weighted by atomic mass is 10.0. The molecule has 0 spiro atoms. The summed E-state index contributed by atoms with van der Waals surface area (Å²) in [5.74, 6) is 1.22. The van der Waals surface area contributed by atoms with Gasteiger partial charge in [0.2, 0.25) is 0 Å². The fraction of sp³-hybridized carbons (Fsp3) is 0. The van der Waals surface area contributed by atoms with Gasteiger partial charge >= 0.3 is 0 Å². The van der Waals surface area contributed by atoms with E-state index in [4.69, 9.17) is 9.15 Å². The first-order chi connectivity index (χ1) is 26.2. The first-order valence-corrected chi connectivity index (χ1v) is 19.5. The second-order valence-corrected chi connectivity index (χ2v) is 16.3. The lowest BCUT2D eigenvalue weighted by molar-refractivity contribution is 0.487. The van der Waals surface area contributed by atoms with Crippen molar-refractivity contribution in [2.45, 2.75) is 0 Å². The van der Waals surface area contributed by atoms with Crippen molar-refractivity contribution in [1.82, 2.24) is 4.57 Å². The minimum absolute atomic E-state index is 0.604. The highest BCUT2D eigenvalue weighted by Crippen LogP contribution is 2.54. The van der Waals surface area contributed by atoms with Crippen molar-refractivity contribution in [3.05, 3.63) is 182 Å². The zero-order chi connectivity index (χ0) is 35.1. The van der Waals surface area contributed by atoms with Crippen LogP contribution in [-0.2, 0) is 4.57 Å². The summed E-state index contributed by atoms with van der Waals surface area (Å²) >= 11 is 0. The number of fused-ring (bicyclic) bond motifs is 8. The molecule has 11 rings (SSSR count). The molecule has 0 N–H and O–H groups in total. The number of hydrogen-bond acceptors (Lipinski definition) is 3. The predicted molar refractivity (Wildman–Crippen MR) is 218 cm³/mol. The highest BCUT2D eigenvalue weighted by Gasteiger charge is 2.40. The molecule has 0 bridgehead atoms. The summed E-state index contributed by atoms with van der Waals surface area (Å²) < 4.78 is 31.1. The molecule has 2 aromatic heterocycles. The van der Waals surface area contributed by atoms with Crippen LogP contribution in [0.3, 0.4) is 0 Å². The second kappa shape index (κ2) is 11.4. The fourth-order valence-corrected chi connectivity index (χ4v) is 11.1.